The van der Waals surface area contributed by atoms with Gasteiger partial charge in [0.25, 0.3) is 5.91 Å². The van der Waals surface area contributed by atoms with Gasteiger partial charge in [0.05, 0.1) is 5.56 Å². The third-order valence-corrected chi connectivity index (χ3v) is 3.17. The molecule has 100 valence electrons. The predicted octanol–water partition coefficient (Wildman–Crippen LogP) is 2.88. The van der Waals surface area contributed by atoms with Gasteiger partial charge in [-0.05, 0) is 37.0 Å². The van der Waals surface area contributed by atoms with E-state index in [-0.39, 0.29) is 17.0 Å². The van der Waals surface area contributed by atoms with Gasteiger partial charge < -0.3 is 11.1 Å². The molecule has 0 saturated heterocycles. The van der Waals surface area contributed by atoms with Gasteiger partial charge in [0, 0.05) is 11.7 Å². The van der Waals surface area contributed by atoms with Crippen molar-refractivity contribution in [3.05, 3.63) is 29.1 Å². The van der Waals surface area contributed by atoms with Crippen LogP contribution in [0.4, 0.5) is 10.1 Å². The Balaban J connectivity index is 2.99. The van der Waals surface area contributed by atoms with Crippen LogP contribution in [0.3, 0.4) is 0 Å². The van der Waals surface area contributed by atoms with E-state index in [2.05, 4.69) is 5.32 Å². The Labute approximate surface area is 108 Å². The number of halogens is 1. The Morgan fingerprint density at radius 2 is 1.94 bits per heavy atom. The topological polar surface area (TPSA) is 55.1 Å². The lowest BCUT2D eigenvalue weighted by atomic mass is 9.88. The van der Waals surface area contributed by atoms with Gasteiger partial charge in [-0.2, -0.15) is 0 Å². The summed E-state index contributed by atoms with van der Waals surface area (Å²) in [6, 6.07) is 2.82. The van der Waals surface area contributed by atoms with Gasteiger partial charge >= 0.3 is 0 Å². The van der Waals surface area contributed by atoms with Gasteiger partial charge in [0.2, 0.25) is 0 Å². The Kier molecular flexibility index (Phi) is 3.99. The van der Waals surface area contributed by atoms with Crippen LogP contribution in [0.1, 0.15) is 43.6 Å². The maximum Gasteiger partial charge on any atom is 0.254 e. The van der Waals surface area contributed by atoms with Gasteiger partial charge in [-0.15, -0.1) is 0 Å². The number of nitrogen functional groups attached to an aromatic ring is 1. The Morgan fingerprint density at radius 3 is 2.44 bits per heavy atom. The summed E-state index contributed by atoms with van der Waals surface area (Å²) in [5.74, 6) is -0.937. The molecule has 0 radical (unpaired) electrons. The summed E-state index contributed by atoms with van der Waals surface area (Å²) in [7, 11) is 0. The standard InChI is InChI=1S/C14H21FN2O/c1-8-6-10(16)7-11(12(8)15)13(18)17-9(2)14(3,4)5/h6-7,9H,16H2,1-5H3,(H,17,18). The summed E-state index contributed by atoms with van der Waals surface area (Å²) >= 11 is 0. The van der Waals surface area contributed by atoms with Gasteiger partial charge in [-0.3, -0.25) is 4.79 Å². The van der Waals surface area contributed by atoms with Crippen molar-refractivity contribution >= 4 is 11.6 Å². The first-order valence-corrected chi connectivity index (χ1v) is 5.99. The number of rotatable bonds is 2. The molecule has 0 aliphatic heterocycles. The molecule has 1 unspecified atom stereocenters. The van der Waals surface area contributed by atoms with Crippen LogP contribution in [-0.4, -0.2) is 11.9 Å². The summed E-state index contributed by atoms with van der Waals surface area (Å²) in [6.07, 6.45) is 0. The fourth-order valence-corrected chi connectivity index (χ4v) is 1.45. The van der Waals surface area contributed by atoms with Crippen molar-refractivity contribution in [3.8, 4) is 0 Å². The van der Waals surface area contributed by atoms with E-state index < -0.39 is 11.7 Å². The molecule has 0 saturated carbocycles. The molecule has 1 aromatic rings. The summed E-state index contributed by atoms with van der Waals surface area (Å²) < 4.78 is 13.9. The van der Waals surface area contributed by atoms with Crippen molar-refractivity contribution in [2.45, 2.75) is 40.7 Å². The second-order valence-corrected chi connectivity index (χ2v) is 5.76. The summed E-state index contributed by atoms with van der Waals surface area (Å²) in [5, 5.41) is 2.80. The van der Waals surface area contributed by atoms with Crippen LogP contribution in [0.2, 0.25) is 0 Å². The Bertz CT molecular complexity index is 464. The van der Waals surface area contributed by atoms with E-state index in [1.165, 1.54) is 12.1 Å². The normalized spacial score (nSPS) is 13.2. The van der Waals surface area contributed by atoms with Crippen molar-refractivity contribution in [1.82, 2.24) is 5.32 Å². The number of nitrogens with two attached hydrogens (primary N) is 1. The van der Waals surface area contributed by atoms with E-state index in [0.717, 1.165) is 0 Å². The number of amides is 1. The van der Waals surface area contributed by atoms with E-state index in [0.29, 0.717) is 11.3 Å². The number of aryl methyl sites for hydroxylation is 1. The zero-order valence-corrected chi connectivity index (χ0v) is 11.6. The van der Waals surface area contributed by atoms with E-state index >= 15 is 0 Å². The first-order chi connectivity index (χ1) is 8.12. The zero-order valence-electron chi connectivity index (χ0n) is 11.6. The van der Waals surface area contributed by atoms with Gasteiger partial charge in [-0.25, -0.2) is 4.39 Å². The molecule has 0 aliphatic rings. The van der Waals surface area contributed by atoms with Crippen molar-refractivity contribution in [3.63, 3.8) is 0 Å². The Morgan fingerprint density at radius 1 is 1.39 bits per heavy atom. The minimum absolute atomic E-state index is 0.00333. The third kappa shape index (κ3) is 3.22. The van der Waals surface area contributed by atoms with Gasteiger partial charge in [0.1, 0.15) is 5.82 Å². The third-order valence-electron chi connectivity index (χ3n) is 3.17. The molecular weight excluding hydrogens is 231 g/mol. The molecule has 4 heteroatoms. The SMILES string of the molecule is Cc1cc(N)cc(C(=O)NC(C)C(C)(C)C)c1F. The Hall–Kier alpha value is -1.58. The lowest BCUT2D eigenvalue weighted by molar-refractivity contribution is 0.0906. The zero-order chi connectivity index (χ0) is 14.1. The maximum atomic E-state index is 13.9. The van der Waals surface area contributed by atoms with Crippen LogP contribution in [-0.2, 0) is 0 Å². The maximum absolute atomic E-state index is 13.9. The fraction of sp³-hybridized carbons (Fsp3) is 0.500. The minimum atomic E-state index is -0.511. The number of benzene rings is 1. The molecule has 0 aliphatic carbocycles. The number of hydrogen-bond acceptors (Lipinski definition) is 2. The monoisotopic (exact) mass is 252 g/mol. The van der Waals surface area contributed by atoms with Crippen molar-refractivity contribution in [2.75, 3.05) is 5.73 Å². The molecule has 1 rings (SSSR count). The molecular formula is C14H21FN2O. The molecule has 1 atom stereocenters. The molecule has 0 bridgehead atoms. The average molecular weight is 252 g/mol. The van der Waals surface area contributed by atoms with Crippen LogP contribution in [0, 0.1) is 18.2 Å². The second kappa shape index (κ2) is 4.96. The summed E-state index contributed by atoms with van der Waals surface area (Å²) in [4.78, 5) is 12.0. The highest BCUT2D eigenvalue weighted by Gasteiger charge is 2.23. The minimum Gasteiger partial charge on any atom is -0.399 e. The fourth-order valence-electron chi connectivity index (χ4n) is 1.45. The van der Waals surface area contributed by atoms with Crippen molar-refractivity contribution in [2.24, 2.45) is 5.41 Å². The van der Waals surface area contributed by atoms with Gasteiger partial charge in [-0.1, -0.05) is 20.8 Å². The van der Waals surface area contributed by atoms with Crippen LogP contribution >= 0.6 is 0 Å². The predicted molar refractivity (Wildman–Crippen MR) is 71.9 cm³/mol. The first kappa shape index (κ1) is 14.5. The molecule has 3 nitrogen and oxygen atoms in total. The van der Waals surface area contributed by atoms with E-state index in [9.17, 15) is 9.18 Å². The lowest BCUT2D eigenvalue weighted by Crippen LogP contribution is -2.41. The second-order valence-electron chi connectivity index (χ2n) is 5.76. The number of carbonyl (C=O) groups is 1. The molecule has 18 heavy (non-hydrogen) atoms. The lowest BCUT2D eigenvalue weighted by Gasteiger charge is -2.28. The molecule has 0 spiro atoms. The van der Waals surface area contributed by atoms with Crippen LogP contribution in [0.25, 0.3) is 0 Å². The van der Waals surface area contributed by atoms with Crippen LogP contribution < -0.4 is 11.1 Å². The number of anilines is 1. The van der Waals surface area contributed by atoms with Crippen LogP contribution in [0.15, 0.2) is 12.1 Å². The molecule has 1 amide bonds. The molecule has 3 N–H and O–H groups in total. The number of carbonyl (C=O) groups excluding carboxylic acids is 1. The largest absolute Gasteiger partial charge is 0.399 e. The number of hydrogen-bond donors (Lipinski definition) is 2. The summed E-state index contributed by atoms with van der Waals surface area (Å²) in [5.41, 5.74) is 6.33. The molecule has 1 aromatic carbocycles. The highest BCUT2D eigenvalue weighted by atomic mass is 19.1. The quantitative estimate of drug-likeness (QED) is 0.795. The van der Waals surface area contributed by atoms with Crippen molar-refractivity contribution < 1.29 is 9.18 Å². The van der Waals surface area contributed by atoms with E-state index in [1.807, 2.05) is 27.7 Å². The average Bonchev–Trinajstić information content (AvgIpc) is 2.21. The van der Waals surface area contributed by atoms with E-state index in [4.69, 9.17) is 5.73 Å². The molecule has 0 aromatic heterocycles. The smallest absolute Gasteiger partial charge is 0.254 e. The number of nitrogens with one attached hydrogen (secondary N) is 1. The van der Waals surface area contributed by atoms with Gasteiger partial charge in [0.15, 0.2) is 0 Å². The highest BCUT2D eigenvalue weighted by Crippen LogP contribution is 2.21. The summed E-state index contributed by atoms with van der Waals surface area (Å²) in [6.45, 7) is 9.53. The van der Waals surface area contributed by atoms with Crippen molar-refractivity contribution in [1.29, 1.82) is 0 Å². The van der Waals surface area contributed by atoms with E-state index in [1.54, 1.807) is 6.92 Å². The van der Waals surface area contributed by atoms with Crippen LogP contribution in [0.5, 0.6) is 0 Å². The molecule has 0 fully saturated rings. The molecule has 0 heterocycles. The first-order valence-electron chi connectivity index (χ1n) is 5.99. The highest BCUT2D eigenvalue weighted by molar-refractivity contribution is 5.95.